The van der Waals surface area contributed by atoms with E-state index in [1.165, 1.54) is 0 Å². The van der Waals surface area contributed by atoms with E-state index in [1.54, 1.807) is 12.3 Å². The van der Waals surface area contributed by atoms with Crippen molar-refractivity contribution in [3.63, 3.8) is 0 Å². The van der Waals surface area contributed by atoms with Crippen LogP contribution in [0.4, 0.5) is 0 Å². The Morgan fingerprint density at radius 2 is 2.14 bits per heavy atom. The number of hydrogen-bond acceptors (Lipinski definition) is 4. The topological polar surface area (TPSA) is 43.4 Å². The number of hydrogen-bond donors (Lipinski definition) is 1. The van der Waals surface area contributed by atoms with Gasteiger partial charge in [-0.25, -0.2) is 0 Å². The molecule has 1 aromatic carbocycles. The fourth-order valence-corrected chi connectivity index (χ4v) is 2.05. The Hall–Kier alpha value is -2.51. The molecular formula is C17H18N2O2. The van der Waals surface area contributed by atoms with Crippen LogP contribution in [-0.4, -0.2) is 18.6 Å². The Balaban J connectivity index is 2.42. The molecular weight excluding hydrogens is 264 g/mol. The van der Waals surface area contributed by atoms with Gasteiger partial charge in [-0.2, -0.15) is 0 Å². The van der Waals surface area contributed by atoms with E-state index >= 15 is 0 Å². The Morgan fingerprint density at radius 1 is 1.29 bits per heavy atom. The van der Waals surface area contributed by atoms with Gasteiger partial charge in [-0.1, -0.05) is 6.42 Å². The zero-order valence-corrected chi connectivity index (χ0v) is 12.2. The molecule has 4 nitrogen and oxygen atoms in total. The van der Waals surface area contributed by atoms with Gasteiger partial charge in [-0.3, -0.25) is 4.98 Å². The first-order valence-electron chi connectivity index (χ1n) is 6.77. The van der Waals surface area contributed by atoms with Crippen molar-refractivity contribution in [2.75, 3.05) is 13.7 Å². The third kappa shape index (κ3) is 3.74. The van der Waals surface area contributed by atoms with Crippen LogP contribution in [0.25, 0.3) is 11.3 Å². The molecule has 0 atom stereocenters. The molecule has 108 valence electrons. The van der Waals surface area contributed by atoms with Crippen LogP contribution in [0.2, 0.25) is 0 Å². The standard InChI is InChI=1S/C17H18N2O2/c1-4-20-14-6-7-15(17(11-14)21-5-2)16-10-13(12-18-3)8-9-19-16/h2,6-11,18H,4,12H2,1,3H3. The highest BCUT2D eigenvalue weighted by Crippen LogP contribution is 2.32. The summed E-state index contributed by atoms with van der Waals surface area (Å²) >= 11 is 0. The maximum Gasteiger partial charge on any atom is 0.153 e. The van der Waals surface area contributed by atoms with Crippen LogP contribution < -0.4 is 14.8 Å². The second-order valence-electron chi connectivity index (χ2n) is 4.39. The van der Waals surface area contributed by atoms with Crippen LogP contribution >= 0.6 is 0 Å². The van der Waals surface area contributed by atoms with Crippen LogP contribution in [0.3, 0.4) is 0 Å². The molecule has 0 saturated heterocycles. The largest absolute Gasteiger partial charge is 0.494 e. The molecule has 0 aliphatic rings. The highest BCUT2D eigenvalue weighted by atomic mass is 16.5. The van der Waals surface area contributed by atoms with Gasteiger partial charge >= 0.3 is 0 Å². The van der Waals surface area contributed by atoms with Gasteiger partial charge in [-0.15, -0.1) is 0 Å². The third-order valence-corrected chi connectivity index (χ3v) is 2.91. The zero-order chi connectivity index (χ0) is 15.1. The average Bonchev–Trinajstić information content (AvgIpc) is 2.49. The van der Waals surface area contributed by atoms with E-state index < -0.39 is 0 Å². The zero-order valence-electron chi connectivity index (χ0n) is 12.2. The Morgan fingerprint density at radius 3 is 2.86 bits per heavy atom. The van der Waals surface area contributed by atoms with Crippen molar-refractivity contribution in [3.8, 4) is 35.3 Å². The summed E-state index contributed by atoms with van der Waals surface area (Å²) in [6.45, 7) is 3.29. The highest BCUT2D eigenvalue weighted by molar-refractivity contribution is 5.69. The lowest BCUT2D eigenvalue weighted by molar-refractivity contribution is 0.338. The van der Waals surface area contributed by atoms with Gasteiger partial charge < -0.3 is 14.8 Å². The highest BCUT2D eigenvalue weighted by Gasteiger charge is 2.10. The second kappa shape index (κ2) is 7.32. The first-order valence-corrected chi connectivity index (χ1v) is 6.77. The smallest absolute Gasteiger partial charge is 0.153 e. The molecule has 0 radical (unpaired) electrons. The molecule has 2 aromatic rings. The number of nitrogens with zero attached hydrogens (tertiary/aromatic N) is 1. The van der Waals surface area contributed by atoms with E-state index in [-0.39, 0.29) is 0 Å². The van der Waals surface area contributed by atoms with Gasteiger partial charge in [0.05, 0.1) is 12.3 Å². The molecule has 0 spiro atoms. The summed E-state index contributed by atoms with van der Waals surface area (Å²) in [6, 6.07) is 9.55. The molecule has 0 amide bonds. The first-order chi connectivity index (χ1) is 10.3. The molecule has 1 N–H and O–H groups in total. The number of terminal acetylenes is 1. The molecule has 1 aromatic heterocycles. The minimum atomic E-state index is 0.567. The summed E-state index contributed by atoms with van der Waals surface area (Å²) in [4.78, 5) is 4.39. The molecule has 0 bridgehead atoms. The van der Waals surface area contributed by atoms with E-state index in [0.29, 0.717) is 12.4 Å². The van der Waals surface area contributed by atoms with Gasteiger partial charge in [0.15, 0.2) is 5.75 Å². The van der Waals surface area contributed by atoms with Crippen LogP contribution in [-0.2, 0) is 6.54 Å². The van der Waals surface area contributed by atoms with Crippen molar-refractivity contribution in [1.82, 2.24) is 10.3 Å². The van der Waals surface area contributed by atoms with Crippen molar-refractivity contribution >= 4 is 0 Å². The lowest BCUT2D eigenvalue weighted by Gasteiger charge is -2.10. The van der Waals surface area contributed by atoms with E-state index in [1.807, 2.05) is 38.2 Å². The third-order valence-electron chi connectivity index (χ3n) is 2.91. The van der Waals surface area contributed by atoms with Gasteiger partial charge in [0.1, 0.15) is 11.9 Å². The predicted octanol–water partition coefficient (Wildman–Crippen LogP) is 2.84. The molecule has 0 saturated carbocycles. The van der Waals surface area contributed by atoms with Crippen molar-refractivity contribution in [1.29, 1.82) is 0 Å². The molecule has 21 heavy (non-hydrogen) atoms. The van der Waals surface area contributed by atoms with Crippen molar-refractivity contribution in [2.24, 2.45) is 0 Å². The predicted molar refractivity (Wildman–Crippen MR) is 83.1 cm³/mol. The number of ether oxygens (including phenoxy) is 2. The maximum absolute atomic E-state index is 5.47. The van der Waals surface area contributed by atoms with E-state index in [9.17, 15) is 0 Å². The molecule has 1 heterocycles. The summed E-state index contributed by atoms with van der Waals surface area (Å²) in [5.74, 6) is 1.29. The molecule has 0 aliphatic heterocycles. The van der Waals surface area contributed by atoms with Crippen LogP contribution in [0.15, 0.2) is 36.5 Å². The SMILES string of the molecule is C#COc1cc(OCC)ccc1-c1cc(CNC)ccn1. The maximum atomic E-state index is 5.47. The Kier molecular flexibility index (Phi) is 5.19. The lowest BCUT2D eigenvalue weighted by Crippen LogP contribution is -2.05. The second-order valence-corrected chi connectivity index (χ2v) is 4.39. The fourth-order valence-electron chi connectivity index (χ4n) is 2.05. The Bertz CT molecular complexity index is 647. The summed E-state index contributed by atoms with van der Waals surface area (Å²) in [7, 11) is 1.91. The van der Waals surface area contributed by atoms with Crippen LogP contribution in [0.1, 0.15) is 12.5 Å². The number of benzene rings is 1. The van der Waals surface area contributed by atoms with Gasteiger partial charge in [-0.05, 0) is 43.8 Å². The quantitative estimate of drug-likeness (QED) is 0.827. The van der Waals surface area contributed by atoms with Crippen molar-refractivity contribution in [3.05, 3.63) is 42.1 Å². The summed E-state index contributed by atoms with van der Waals surface area (Å²) in [5, 5.41) is 3.12. The summed E-state index contributed by atoms with van der Waals surface area (Å²) in [5.41, 5.74) is 2.80. The van der Waals surface area contributed by atoms with E-state index in [4.69, 9.17) is 15.9 Å². The normalized spacial score (nSPS) is 9.95. The number of aromatic nitrogens is 1. The van der Waals surface area contributed by atoms with Gasteiger partial charge in [0.2, 0.25) is 0 Å². The monoisotopic (exact) mass is 282 g/mol. The van der Waals surface area contributed by atoms with Crippen molar-refractivity contribution in [2.45, 2.75) is 13.5 Å². The van der Waals surface area contributed by atoms with Crippen LogP contribution in [0, 0.1) is 12.5 Å². The number of nitrogens with one attached hydrogen (secondary N) is 1. The first kappa shape index (κ1) is 14.9. The number of pyridine rings is 1. The molecule has 2 rings (SSSR count). The van der Waals surface area contributed by atoms with E-state index in [0.717, 1.165) is 29.1 Å². The molecule has 0 aliphatic carbocycles. The van der Waals surface area contributed by atoms with Crippen molar-refractivity contribution < 1.29 is 9.47 Å². The summed E-state index contributed by atoms with van der Waals surface area (Å²) < 4.78 is 10.7. The Labute approximate surface area is 125 Å². The molecule has 4 heteroatoms. The minimum Gasteiger partial charge on any atom is -0.494 e. The van der Waals surface area contributed by atoms with E-state index in [2.05, 4.69) is 16.4 Å². The summed E-state index contributed by atoms with van der Waals surface area (Å²) in [6.07, 6.45) is 9.25. The lowest BCUT2D eigenvalue weighted by atomic mass is 10.1. The fraction of sp³-hybridized carbons (Fsp3) is 0.235. The van der Waals surface area contributed by atoms with Crippen LogP contribution in [0.5, 0.6) is 11.5 Å². The molecule has 0 unspecified atom stereocenters. The molecule has 0 fully saturated rings. The minimum absolute atomic E-state index is 0.567. The average molecular weight is 282 g/mol. The van der Waals surface area contributed by atoms with Gasteiger partial charge in [0.25, 0.3) is 0 Å². The van der Waals surface area contributed by atoms with Gasteiger partial charge in [0, 0.05) is 24.4 Å². The number of rotatable bonds is 6.